The summed E-state index contributed by atoms with van der Waals surface area (Å²) in [5, 5.41) is 3.40. The normalized spacial score (nSPS) is 17.3. The Morgan fingerprint density at radius 3 is 2.58 bits per heavy atom. The average Bonchev–Trinajstić information content (AvgIpc) is 3.59. The lowest BCUT2D eigenvalue weighted by Gasteiger charge is -2.16. The number of likely N-dealkylation sites (N-methyl/N-ethyl adjacent to an activating group) is 1. The van der Waals surface area contributed by atoms with Gasteiger partial charge < -0.3 is 11.1 Å². The van der Waals surface area contributed by atoms with E-state index >= 15 is 0 Å². The summed E-state index contributed by atoms with van der Waals surface area (Å²) in [5.41, 5.74) is 13.1. The van der Waals surface area contributed by atoms with Crippen molar-refractivity contribution in [1.82, 2.24) is 29.7 Å². The molecule has 6 rings (SSSR count). The highest BCUT2D eigenvalue weighted by Gasteiger charge is 2.22. The van der Waals surface area contributed by atoms with E-state index < -0.39 is 0 Å². The van der Waals surface area contributed by atoms with Crippen LogP contribution in [-0.2, 0) is 6.54 Å². The van der Waals surface area contributed by atoms with Crippen LogP contribution >= 0.6 is 0 Å². The van der Waals surface area contributed by atoms with Crippen molar-refractivity contribution in [2.45, 2.75) is 45.7 Å². The van der Waals surface area contributed by atoms with Gasteiger partial charge >= 0.3 is 0 Å². The van der Waals surface area contributed by atoms with Gasteiger partial charge in [0, 0.05) is 37.6 Å². The van der Waals surface area contributed by atoms with Gasteiger partial charge in [-0.2, -0.15) is 0 Å². The largest absolute Gasteiger partial charge is 0.383 e. The molecular formula is C31H37N7. The Morgan fingerprint density at radius 2 is 1.87 bits per heavy atom. The first kappa shape index (κ1) is 25.8. The van der Waals surface area contributed by atoms with Gasteiger partial charge in [-0.3, -0.25) is 9.47 Å². The predicted molar refractivity (Wildman–Crippen MR) is 157 cm³/mol. The topological polar surface area (TPSA) is 84.9 Å². The SMILES string of the molecule is CC.CNC1CCN(Cc2ccc(-n3c(-c4cccnc4N)nc4ccc(C5=CCCC=C5)nc43)cc2)C1. The molecule has 1 unspecified atom stereocenters. The fourth-order valence-electron chi connectivity index (χ4n) is 5.17. The Kier molecular flexibility index (Phi) is 7.96. The molecule has 0 bridgehead atoms. The van der Waals surface area contributed by atoms with Gasteiger partial charge in [0.05, 0.1) is 11.3 Å². The smallest absolute Gasteiger partial charge is 0.165 e. The van der Waals surface area contributed by atoms with Crippen molar-refractivity contribution < 1.29 is 0 Å². The van der Waals surface area contributed by atoms with Gasteiger partial charge in [-0.15, -0.1) is 0 Å². The summed E-state index contributed by atoms with van der Waals surface area (Å²) in [7, 11) is 2.05. The number of nitrogens with zero attached hydrogens (tertiary/aromatic N) is 5. The van der Waals surface area contributed by atoms with E-state index in [0.717, 1.165) is 72.0 Å². The Labute approximate surface area is 225 Å². The molecule has 1 aliphatic carbocycles. The number of fused-ring (bicyclic) bond motifs is 1. The number of nitrogens with two attached hydrogens (primary N) is 1. The van der Waals surface area contributed by atoms with E-state index in [1.165, 1.54) is 12.0 Å². The third-order valence-electron chi connectivity index (χ3n) is 7.16. The van der Waals surface area contributed by atoms with Crippen molar-refractivity contribution in [3.63, 3.8) is 0 Å². The van der Waals surface area contributed by atoms with E-state index in [1.807, 2.05) is 39.1 Å². The van der Waals surface area contributed by atoms with Crippen LogP contribution in [0.2, 0.25) is 0 Å². The van der Waals surface area contributed by atoms with E-state index in [1.54, 1.807) is 6.20 Å². The number of rotatable bonds is 6. The molecule has 1 saturated heterocycles. The fourth-order valence-corrected chi connectivity index (χ4v) is 5.17. The molecule has 4 heterocycles. The van der Waals surface area contributed by atoms with Crippen LogP contribution in [0.3, 0.4) is 0 Å². The first-order valence-electron chi connectivity index (χ1n) is 13.7. The number of imidazole rings is 1. The number of pyridine rings is 2. The second-order valence-electron chi connectivity index (χ2n) is 9.56. The fraction of sp³-hybridized carbons (Fsp3) is 0.323. The van der Waals surface area contributed by atoms with Crippen molar-refractivity contribution in [3.8, 4) is 17.1 Å². The molecule has 0 spiro atoms. The molecule has 7 nitrogen and oxygen atoms in total. The van der Waals surface area contributed by atoms with E-state index in [4.69, 9.17) is 15.7 Å². The Morgan fingerprint density at radius 1 is 1.03 bits per heavy atom. The Bertz CT molecular complexity index is 1450. The number of benzene rings is 1. The van der Waals surface area contributed by atoms with Crippen molar-refractivity contribution in [2.75, 3.05) is 25.9 Å². The highest BCUT2D eigenvalue weighted by molar-refractivity contribution is 5.85. The number of allylic oxidation sites excluding steroid dienone is 4. The van der Waals surface area contributed by atoms with Crippen LogP contribution in [0.4, 0.5) is 5.82 Å². The first-order valence-corrected chi connectivity index (χ1v) is 13.7. The zero-order valence-electron chi connectivity index (χ0n) is 22.6. The molecule has 2 aliphatic rings. The van der Waals surface area contributed by atoms with E-state index in [2.05, 4.69) is 68.3 Å². The number of hydrogen-bond acceptors (Lipinski definition) is 6. The van der Waals surface area contributed by atoms with Crippen molar-refractivity contribution in [2.24, 2.45) is 0 Å². The van der Waals surface area contributed by atoms with Gasteiger partial charge in [-0.25, -0.2) is 15.0 Å². The molecule has 196 valence electrons. The maximum absolute atomic E-state index is 6.29. The predicted octanol–water partition coefficient (Wildman–Crippen LogP) is 5.62. The zero-order valence-corrected chi connectivity index (χ0v) is 22.6. The summed E-state index contributed by atoms with van der Waals surface area (Å²) in [4.78, 5) is 16.9. The van der Waals surface area contributed by atoms with E-state index in [-0.39, 0.29) is 0 Å². The molecule has 3 N–H and O–H groups in total. The lowest BCUT2D eigenvalue weighted by molar-refractivity contribution is 0.322. The highest BCUT2D eigenvalue weighted by Crippen LogP contribution is 2.32. The number of nitrogens with one attached hydrogen (secondary N) is 1. The molecule has 1 atom stereocenters. The molecule has 38 heavy (non-hydrogen) atoms. The Balaban J connectivity index is 0.00000144. The summed E-state index contributed by atoms with van der Waals surface area (Å²) >= 11 is 0. The lowest BCUT2D eigenvalue weighted by Crippen LogP contribution is -2.29. The van der Waals surface area contributed by atoms with E-state index in [0.29, 0.717) is 11.9 Å². The molecule has 1 aromatic carbocycles. The summed E-state index contributed by atoms with van der Waals surface area (Å²) in [6, 6.07) is 17.3. The maximum Gasteiger partial charge on any atom is 0.165 e. The number of likely N-dealkylation sites (tertiary alicyclic amines) is 1. The van der Waals surface area contributed by atoms with Crippen LogP contribution in [0.1, 0.15) is 44.4 Å². The molecule has 1 aliphatic heterocycles. The first-order chi connectivity index (χ1) is 18.7. The molecule has 3 aromatic heterocycles. The zero-order chi connectivity index (χ0) is 26.5. The van der Waals surface area contributed by atoms with Crippen LogP contribution in [0, 0.1) is 0 Å². The van der Waals surface area contributed by atoms with Crippen LogP contribution in [0.5, 0.6) is 0 Å². The standard InChI is InChI=1S/C29H31N7.C2H6/c1-31-22-15-17-35(19-22)18-20-9-11-23(12-10-20)36-28(24-8-5-16-32-27(24)30)34-26-14-13-25(33-29(26)36)21-6-3-2-4-7-21;1-2/h3,5-14,16,22,31H,2,4,15,17-19H2,1H3,(H2,30,32);1-2H3. The van der Waals surface area contributed by atoms with Crippen molar-refractivity contribution in [1.29, 1.82) is 0 Å². The van der Waals surface area contributed by atoms with Crippen molar-refractivity contribution in [3.05, 3.63) is 84.2 Å². The van der Waals surface area contributed by atoms with Crippen LogP contribution in [0.15, 0.2) is 73.0 Å². The van der Waals surface area contributed by atoms with Crippen LogP contribution < -0.4 is 11.1 Å². The average molecular weight is 508 g/mol. The highest BCUT2D eigenvalue weighted by atomic mass is 15.2. The third-order valence-corrected chi connectivity index (χ3v) is 7.16. The van der Waals surface area contributed by atoms with Crippen LogP contribution in [-0.4, -0.2) is 50.6 Å². The van der Waals surface area contributed by atoms with Gasteiger partial charge in [0.1, 0.15) is 11.3 Å². The third kappa shape index (κ3) is 5.26. The minimum Gasteiger partial charge on any atom is -0.383 e. The molecule has 4 aromatic rings. The van der Waals surface area contributed by atoms with E-state index in [9.17, 15) is 0 Å². The van der Waals surface area contributed by atoms with Gasteiger partial charge in [0.2, 0.25) is 0 Å². The second kappa shape index (κ2) is 11.7. The number of aromatic nitrogens is 4. The number of hydrogen-bond donors (Lipinski definition) is 2. The monoisotopic (exact) mass is 507 g/mol. The molecule has 0 amide bonds. The van der Waals surface area contributed by atoms with Gasteiger partial charge in [-0.05, 0) is 73.8 Å². The molecule has 1 fully saturated rings. The molecular weight excluding hydrogens is 470 g/mol. The summed E-state index contributed by atoms with van der Waals surface area (Å²) < 4.78 is 2.11. The molecule has 7 heteroatoms. The maximum atomic E-state index is 6.29. The summed E-state index contributed by atoms with van der Waals surface area (Å²) in [6.07, 6.45) is 11.6. The van der Waals surface area contributed by atoms with Gasteiger partial charge in [0.15, 0.2) is 11.5 Å². The Hall–Kier alpha value is -3.81. The van der Waals surface area contributed by atoms with Gasteiger partial charge in [0.25, 0.3) is 0 Å². The summed E-state index contributed by atoms with van der Waals surface area (Å²) in [6.45, 7) is 7.17. The number of nitrogen functional groups attached to an aromatic ring is 1. The molecule has 0 saturated carbocycles. The van der Waals surface area contributed by atoms with Crippen molar-refractivity contribution >= 4 is 22.6 Å². The second-order valence-corrected chi connectivity index (χ2v) is 9.56. The minimum absolute atomic E-state index is 0.456. The van der Waals surface area contributed by atoms with Crippen LogP contribution in [0.25, 0.3) is 33.8 Å². The lowest BCUT2D eigenvalue weighted by atomic mass is 10.0. The summed E-state index contributed by atoms with van der Waals surface area (Å²) in [5.74, 6) is 1.20. The number of anilines is 1. The molecule has 0 radical (unpaired) electrons. The minimum atomic E-state index is 0.456. The quantitative estimate of drug-likeness (QED) is 0.352. The van der Waals surface area contributed by atoms with Gasteiger partial charge in [-0.1, -0.05) is 44.2 Å².